The smallest absolute Gasteiger partial charge is 0.127 e. The van der Waals surface area contributed by atoms with E-state index < -0.39 is 5.54 Å². The molecule has 2 rings (SSSR count). The molecule has 0 aromatic heterocycles. The Hall–Kier alpha value is -1.20. The second kappa shape index (κ2) is 4.35. The highest BCUT2D eigenvalue weighted by molar-refractivity contribution is 6.30. The number of nitrogens with zero attached hydrogens (tertiary/aromatic N) is 1. The van der Waals surface area contributed by atoms with E-state index in [1.165, 1.54) is 0 Å². The number of halogens is 1. The number of hydrogen-bond donors (Lipinski definition) is 1. The molecule has 0 aliphatic heterocycles. The number of anilines is 1. The summed E-state index contributed by atoms with van der Waals surface area (Å²) in [4.78, 5) is 0. The predicted molar refractivity (Wildman–Crippen MR) is 66.4 cm³/mol. The van der Waals surface area contributed by atoms with Gasteiger partial charge in [-0.05, 0) is 43.4 Å². The number of benzene rings is 1. The summed E-state index contributed by atoms with van der Waals surface area (Å²) in [7, 11) is 0. The third kappa shape index (κ3) is 2.15. The first kappa shape index (κ1) is 11.3. The number of hydrogen-bond acceptors (Lipinski definition) is 2. The van der Waals surface area contributed by atoms with Gasteiger partial charge in [-0.1, -0.05) is 24.6 Å². The standard InChI is InChI=1S/C13H15ClN2/c1-2-13(9-15,10-6-7-10)16-12-5-3-4-11(14)8-12/h3-5,8,10,16H,2,6-7H2,1H3. The molecular weight excluding hydrogens is 220 g/mol. The molecule has 0 spiro atoms. The molecule has 1 N–H and O–H groups in total. The number of nitrogens with one attached hydrogen (secondary N) is 1. The first-order valence-electron chi connectivity index (χ1n) is 5.65. The molecule has 1 atom stereocenters. The van der Waals surface area contributed by atoms with Crippen LogP contribution in [0.3, 0.4) is 0 Å². The molecule has 0 heterocycles. The summed E-state index contributed by atoms with van der Waals surface area (Å²) in [6.07, 6.45) is 3.12. The maximum Gasteiger partial charge on any atom is 0.127 e. The van der Waals surface area contributed by atoms with Crippen LogP contribution >= 0.6 is 11.6 Å². The number of nitriles is 1. The van der Waals surface area contributed by atoms with Gasteiger partial charge in [-0.15, -0.1) is 0 Å². The lowest BCUT2D eigenvalue weighted by molar-refractivity contribution is 0.499. The molecule has 1 aliphatic carbocycles. The summed E-state index contributed by atoms with van der Waals surface area (Å²) in [6.45, 7) is 2.05. The Kier molecular flexibility index (Phi) is 3.07. The van der Waals surface area contributed by atoms with Crippen molar-refractivity contribution in [3.63, 3.8) is 0 Å². The molecule has 1 aromatic carbocycles. The van der Waals surface area contributed by atoms with Gasteiger partial charge in [-0.3, -0.25) is 0 Å². The van der Waals surface area contributed by atoms with Gasteiger partial charge in [0.05, 0.1) is 6.07 Å². The Bertz CT molecular complexity index is 420. The van der Waals surface area contributed by atoms with Crippen LogP contribution in [0.5, 0.6) is 0 Å². The van der Waals surface area contributed by atoms with Crippen molar-refractivity contribution in [3.8, 4) is 6.07 Å². The van der Waals surface area contributed by atoms with Gasteiger partial charge in [0.2, 0.25) is 0 Å². The molecule has 84 valence electrons. The Labute approximate surface area is 101 Å². The number of rotatable bonds is 4. The first-order valence-corrected chi connectivity index (χ1v) is 6.03. The highest BCUT2D eigenvalue weighted by atomic mass is 35.5. The van der Waals surface area contributed by atoms with Crippen molar-refractivity contribution in [1.82, 2.24) is 0 Å². The highest BCUT2D eigenvalue weighted by Crippen LogP contribution is 2.43. The highest BCUT2D eigenvalue weighted by Gasteiger charge is 2.44. The Morgan fingerprint density at radius 2 is 2.31 bits per heavy atom. The molecule has 0 amide bonds. The molecule has 0 saturated heterocycles. The summed E-state index contributed by atoms with van der Waals surface area (Å²) in [6, 6.07) is 10.00. The van der Waals surface area contributed by atoms with E-state index in [1.54, 1.807) is 0 Å². The van der Waals surface area contributed by atoms with E-state index >= 15 is 0 Å². The van der Waals surface area contributed by atoms with E-state index in [1.807, 2.05) is 24.3 Å². The molecule has 1 unspecified atom stereocenters. The lowest BCUT2D eigenvalue weighted by Gasteiger charge is -2.27. The van der Waals surface area contributed by atoms with Crippen LogP contribution in [0, 0.1) is 17.2 Å². The average Bonchev–Trinajstić information content (AvgIpc) is 3.10. The summed E-state index contributed by atoms with van der Waals surface area (Å²) in [5.41, 5.74) is 0.521. The van der Waals surface area contributed by atoms with Gasteiger partial charge in [0, 0.05) is 10.7 Å². The van der Waals surface area contributed by atoms with Crippen LogP contribution in [0.25, 0.3) is 0 Å². The minimum atomic E-state index is -0.412. The van der Waals surface area contributed by atoms with E-state index in [9.17, 15) is 5.26 Å². The lowest BCUT2D eigenvalue weighted by atomic mass is 9.91. The van der Waals surface area contributed by atoms with Crippen LogP contribution < -0.4 is 5.32 Å². The quantitative estimate of drug-likeness (QED) is 0.860. The molecule has 3 heteroatoms. The Balaban J connectivity index is 2.21. The van der Waals surface area contributed by atoms with Crippen molar-refractivity contribution in [1.29, 1.82) is 5.26 Å². The first-order chi connectivity index (χ1) is 7.70. The maximum absolute atomic E-state index is 9.37. The topological polar surface area (TPSA) is 35.8 Å². The maximum atomic E-state index is 9.37. The second-order valence-electron chi connectivity index (χ2n) is 4.35. The van der Waals surface area contributed by atoms with Gasteiger partial charge < -0.3 is 5.32 Å². The van der Waals surface area contributed by atoms with Gasteiger partial charge in [0.15, 0.2) is 0 Å². The van der Waals surface area contributed by atoms with Gasteiger partial charge in [-0.25, -0.2) is 0 Å². The van der Waals surface area contributed by atoms with Crippen LogP contribution in [0.2, 0.25) is 5.02 Å². The fraction of sp³-hybridized carbons (Fsp3) is 0.462. The zero-order valence-electron chi connectivity index (χ0n) is 9.33. The molecule has 1 saturated carbocycles. The van der Waals surface area contributed by atoms with E-state index in [0.717, 1.165) is 24.9 Å². The average molecular weight is 235 g/mol. The zero-order chi connectivity index (χ0) is 11.6. The van der Waals surface area contributed by atoms with Gasteiger partial charge in [-0.2, -0.15) is 5.26 Å². The van der Waals surface area contributed by atoms with Crippen molar-refractivity contribution < 1.29 is 0 Å². The van der Waals surface area contributed by atoms with Gasteiger partial charge in [0.25, 0.3) is 0 Å². The van der Waals surface area contributed by atoms with E-state index in [4.69, 9.17) is 11.6 Å². The minimum absolute atomic E-state index is 0.412. The predicted octanol–water partition coefficient (Wildman–Crippen LogP) is 3.83. The molecule has 16 heavy (non-hydrogen) atoms. The largest absolute Gasteiger partial charge is 0.367 e. The molecule has 1 aliphatic rings. The molecule has 1 aromatic rings. The third-order valence-corrected chi connectivity index (χ3v) is 3.46. The molecular formula is C13H15ClN2. The van der Waals surface area contributed by atoms with E-state index in [2.05, 4.69) is 18.3 Å². The molecule has 2 nitrogen and oxygen atoms in total. The minimum Gasteiger partial charge on any atom is -0.367 e. The van der Waals surface area contributed by atoms with Crippen LogP contribution in [-0.4, -0.2) is 5.54 Å². The van der Waals surface area contributed by atoms with Crippen LogP contribution in [0.15, 0.2) is 24.3 Å². The summed E-state index contributed by atoms with van der Waals surface area (Å²) < 4.78 is 0. The molecule has 0 radical (unpaired) electrons. The van der Waals surface area contributed by atoms with E-state index in [0.29, 0.717) is 10.9 Å². The SMILES string of the molecule is CCC(C#N)(Nc1cccc(Cl)c1)C1CC1. The molecule has 1 fully saturated rings. The summed E-state index contributed by atoms with van der Waals surface area (Å²) in [5, 5.41) is 13.4. The van der Waals surface area contributed by atoms with E-state index in [-0.39, 0.29) is 0 Å². The van der Waals surface area contributed by atoms with Crippen molar-refractivity contribution in [2.75, 3.05) is 5.32 Å². The summed E-state index contributed by atoms with van der Waals surface area (Å²) >= 11 is 5.93. The normalized spacial score (nSPS) is 18.6. The fourth-order valence-corrected chi connectivity index (χ4v) is 2.27. The van der Waals surface area contributed by atoms with Gasteiger partial charge >= 0.3 is 0 Å². The summed E-state index contributed by atoms with van der Waals surface area (Å²) in [5.74, 6) is 0.487. The van der Waals surface area contributed by atoms with Crippen LogP contribution in [0.4, 0.5) is 5.69 Å². The van der Waals surface area contributed by atoms with Crippen molar-refractivity contribution in [2.45, 2.75) is 31.7 Å². The second-order valence-corrected chi connectivity index (χ2v) is 4.78. The van der Waals surface area contributed by atoms with Crippen LogP contribution in [-0.2, 0) is 0 Å². The fourth-order valence-electron chi connectivity index (χ4n) is 2.08. The van der Waals surface area contributed by atoms with Crippen molar-refractivity contribution >= 4 is 17.3 Å². The monoisotopic (exact) mass is 234 g/mol. The Morgan fingerprint density at radius 3 is 2.81 bits per heavy atom. The van der Waals surface area contributed by atoms with Crippen molar-refractivity contribution in [2.24, 2.45) is 5.92 Å². The van der Waals surface area contributed by atoms with Gasteiger partial charge in [0.1, 0.15) is 5.54 Å². The zero-order valence-corrected chi connectivity index (χ0v) is 10.1. The molecule has 0 bridgehead atoms. The van der Waals surface area contributed by atoms with Crippen molar-refractivity contribution in [3.05, 3.63) is 29.3 Å². The lowest BCUT2D eigenvalue weighted by Crippen LogP contribution is -2.38. The Morgan fingerprint density at radius 1 is 1.56 bits per heavy atom. The van der Waals surface area contributed by atoms with Crippen LogP contribution in [0.1, 0.15) is 26.2 Å². The third-order valence-electron chi connectivity index (χ3n) is 3.22.